The minimum atomic E-state index is -0.287. The van der Waals surface area contributed by atoms with Gasteiger partial charge >= 0.3 is 0 Å². The lowest BCUT2D eigenvalue weighted by molar-refractivity contribution is 0.0411. The fourth-order valence-electron chi connectivity index (χ4n) is 3.64. The lowest BCUT2D eigenvalue weighted by Gasteiger charge is -2.40. The lowest BCUT2D eigenvalue weighted by Crippen LogP contribution is -2.53. The minimum absolute atomic E-state index is 0.287. The van der Waals surface area contributed by atoms with Crippen LogP contribution in [0.15, 0.2) is 18.2 Å². The number of nitrogens with zero attached hydrogens (tertiary/aromatic N) is 6. The van der Waals surface area contributed by atoms with E-state index in [0.717, 1.165) is 44.2 Å². The molecule has 0 bridgehead atoms. The van der Waals surface area contributed by atoms with Crippen LogP contribution >= 0.6 is 0 Å². The number of aliphatic hydroxyl groups excluding tert-OH is 1. The third-order valence-electron chi connectivity index (χ3n) is 4.90. The van der Waals surface area contributed by atoms with Gasteiger partial charge in [-0.15, -0.1) is 5.10 Å². The predicted octanol–water partition coefficient (Wildman–Crippen LogP) is 1.17. The largest absolute Gasteiger partial charge is 0.392 e. The third-order valence-corrected chi connectivity index (χ3v) is 4.90. The molecule has 0 aliphatic carbocycles. The second-order valence-electron chi connectivity index (χ2n) is 7.18. The van der Waals surface area contributed by atoms with Crippen LogP contribution in [0.25, 0.3) is 5.69 Å². The van der Waals surface area contributed by atoms with Crippen LogP contribution in [-0.4, -0.2) is 73.4 Å². The van der Waals surface area contributed by atoms with Crippen molar-refractivity contribution in [1.29, 1.82) is 0 Å². The number of hydrogen-bond donors (Lipinski definition) is 1. The van der Waals surface area contributed by atoms with Crippen molar-refractivity contribution in [2.24, 2.45) is 0 Å². The van der Waals surface area contributed by atoms with E-state index in [2.05, 4.69) is 64.3 Å². The maximum absolute atomic E-state index is 9.62. The summed E-state index contributed by atoms with van der Waals surface area (Å²) in [5.74, 6) is 0.869. The molecular formula is C18H28N6O. The number of piperazine rings is 1. The van der Waals surface area contributed by atoms with Gasteiger partial charge in [0.1, 0.15) is 0 Å². The van der Waals surface area contributed by atoms with Crippen molar-refractivity contribution in [1.82, 2.24) is 30.0 Å². The van der Waals surface area contributed by atoms with Crippen LogP contribution in [0.4, 0.5) is 0 Å². The quantitative estimate of drug-likeness (QED) is 0.878. The van der Waals surface area contributed by atoms with E-state index in [1.54, 1.807) is 0 Å². The van der Waals surface area contributed by atoms with Gasteiger partial charge in [0.15, 0.2) is 5.82 Å². The monoisotopic (exact) mass is 344 g/mol. The van der Waals surface area contributed by atoms with Crippen LogP contribution < -0.4 is 0 Å². The molecule has 3 rings (SSSR count). The molecule has 1 aliphatic heterocycles. The molecule has 1 aliphatic rings. The Bertz CT molecular complexity index is 693. The van der Waals surface area contributed by atoms with Gasteiger partial charge in [-0.05, 0) is 49.2 Å². The van der Waals surface area contributed by atoms with E-state index >= 15 is 0 Å². The zero-order valence-electron chi connectivity index (χ0n) is 15.6. The number of rotatable bonds is 5. The molecule has 7 heteroatoms. The Morgan fingerprint density at radius 3 is 2.60 bits per heavy atom. The maximum atomic E-state index is 9.62. The van der Waals surface area contributed by atoms with Gasteiger partial charge in [-0.25, -0.2) is 0 Å². The van der Waals surface area contributed by atoms with Gasteiger partial charge in [-0.1, -0.05) is 18.2 Å². The van der Waals surface area contributed by atoms with Crippen molar-refractivity contribution in [2.45, 2.75) is 46.4 Å². The van der Waals surface area contributed by atoms with E-state index in [1.165, 1.54) is 11.1 Å². The summed E-state index contributed by atoms with van der Waals surface area (Å²) in [6.07, 6.45) is -0.287. The van der Waals surface area contributed by atoms with Gasteiger partial charge < -0.3 is 5.11 Å². The molecule has 0 saturated carbocycles. The SMILES string of the molecule is Cc1cccc(C)c1-n1nnnc1CN1CCN(CC(C)O)C(C)C1. The highest BCUT2D eigenvalue weighted by Gasteiger charge is 2.26. The molecule has 1 fully saturated rings. The lowest BCUT2D eigenvalue weighted by atomic mass is 10.1. The molecule has 7 nitrogen and oxygen atoms in total. The zero-order valence-corrected chi connectivity index (χ0v) is 15.6. The summed E-state index contributed by atoms with van der Waals surface area (Å²) in [5, 5.41) is 22.0. The Balaban J connectivity index is 1.73. The van der Waals surface area contributed by atoms with Crippen molar-refractivity contribution in [3.63, 3.8) is 0 Å². The molecule has 2 heterocycles. The number of para-hydroxylation sites is 1. The first-order chi connectivity index (χ1) is 12.0. The summed E-state index contributed by atoms with van der Waals surface area (Å²) in [4.78, 5) is 4.73. The second kappa shape index (κ2) is 7.59. The highest BCUT2D eigenvalue weighted by molar-refractivity contribution is 5.46. The smallest absolute Gasteiger partial charge is 0.170 e. The van der Waals surface area contributed by atoms with E-state index in [0.29, 0.717) is 6.04 Å². The summed E-state index contributed by atoms with van der Waals surface area (Å²) in [7, 11) is 0. The molecule has 2 unspecified atom stereocenters. The van der Waals surface area contributed by atoms with Crippen molar-refractivity contribution < 1.29 is 5.11 Å². The Hall–Kier alpha value is -1.83. The van der Waals surface area contributed by atoms with Crippen LogP contribution in [0.1, 0.15) is 30.8 Å². The number of benzene rings is 1. The van der Waals surface area contributed by atoms with Gasteiger partial charge in [0.05, 0.1) is 18.3 Å². The average Bonchev–Trinajstić information content (AvgIpc) is 2.97. The first kappa shape index (κ1) is 18.0. The van der Waals surface area contributed by atoms with Crippen LogP contribution in [-0.2, 0) is 6.54 Å². The summed E-state index contributed by atoms with van der Waals surface area (Å²) in [6, 6.07) is 6.64. The fourth-order valence-corrected chi connectivity index (χ4v) is 3.64. The number of aliphatic hydroxyl groups is 1. The first-order valence-electron chi connectivity index (χ1n) is 8.94. The molecule has 136 valence electrons. The molecular weight excluding hydrogens is 316 g/mol. The Labute approximate surface area is 149 Å². The Kier molecular flexibility index (Phi) is 5.46. The van der Waals surface area contributed by atoms with Crippen LogP contribution in [0, 0.1) is 13.8 Å². The number of tetrazole rings is 1. The molecule has 0 spiro atoms. The van der Waals surface area contributed by atoms with Gasteiger partial charge in [0.25, 0.3) is 0 Å². The first-order valence-corrected chi connectivity index (χ1v) is 8.94. The van der Waals surface area contributed by atoms with Gasteiger partial charge in [0, 0.05) is 32.2 Å². The maximum Gasteiger partial charge on any atom is 0.170 e. The summed E-state index contributed by atoms with van der Waals surface area (Å²) in [6.45, 7) is 12.6. The fraction of sp³-hybridized carbons (Fsp3) is 0.611. The minimum Gasteiger partial charge on any atom is -0.392 e. The van der Waals surface area contributed by atoms with Crippen LogP contribution in [0.2, 0.25) is 0 Å². The number of β-amino-alcohol motifs (C(OH)–C–C–N with tert-alkyl or cyclic N) is 1. The number of aromatic nitrogens is 4. The molecule has 1 aromatic heterocycles. The van der Waals surface area contributed by atoms with Crippen molar-refractivity contribution >= 4 is 0 Å². The summed E-state index contributed by atoms with van der Waals surface area (Å²) in [5.41, 5.74) is 3.41. The van der Waals surface area contributed by atoms with E-state index < -0.39 is 0 Å². The third kappa shape index (κ3) is 4.05. The summed E-state index contributed by atoms with van der Waals surface area (Å²) < 4.78 is 1.87. The predicted molar refractivity (Wildman–Crippen MR) is 96.6 cm³/mol. The van der Waals surface area contributed by atoms with Gasteiger partial charge in [-0.2, -0.15) is 4.68 Å². The molecule has 0 radical (unpaired) electrons. The van der Waals surface area contributed by atoms with Crippen LogP contribution in [0.5, 0.6) is 0 Å². The van der Waals surface area contributed by atoms with E-state index in [1.807, 2.05) is 11.6 Å². The molecule has 1 saturated heterocycles. The standard InChI is InChI=1S/C18H28N6O/c1-13-6-5-7-14(2)18(13)24-17(19-20-21-24)12-22-8-9-23(11-16(4)25)15(3)10-22/h5-7,15-16,25H,8-12H2,1-4H3. The average molecular weight is 344 g/mol. The highest BCUT2D eigenvalue weighted by Crippen LogP contribution is 2.20. The topological polar surface area (TPSA) is 70.3 Å². The van der Waals surface area contributed by atoms with Crippen LogP contribution in [0.3, 0.4) is 0 Å². The normalized spacial score (nSPS) is 20.8. The Morgan fingerprint density at radius 2 is 1.96 bits per heavy atom. The van der Waals surface area contributed by atoms with E-state index in [9.17, 15) is 5.11 Å². The van der Waals surface area contributed by atoms with Gasteiger partial charge in [0.2, 0.25) is 0 Å². The molecule has 2 aromatic rings. The molecule has 25 heavy (non-hydrogen) atoms. The molecule has 0 amide bonds. The van der Waals surface area contributed by atoms with E-state index in [-0.39, 0.29) is 6.10 Å². The van der Waals surface area contributed by atoms with Crippen molar-refractivity contribution in [2.75, 3.05) is 26.2 Å². The van der Waals surface area contributed by atoms with E-state index in [4.69, 9.17) is 0 Å². The molecule has 1 aromatic carbocycles. The van der Waals surface area contributed by atoms with Crippen molar-refractivity contribution in [3.05, 3.63) is 35.2 Å². The zero-order chi connectivity index (χ0) is 18.0. The van der Waals surface area contributed by atoms with Gasteiger partial charge in [-0.3, -0.25) is 9.80 Å². The summed E-state index contributed by atoms with van der Waals surface area (Å²) >= 11 is 0. The number of aryl methyl sites for hydroxylation is 2. The molecule has 2 atom stereocenters. The second-order valence-corrected chi connectivity index (χ2v) is 7.18. The highest BCUT2D eigenvalue weighted by atomic mass is 16.3. The number of hydrogen-bond acceptors (Lipinski definition) is 6. The Morgan fingerprint density at radius 1 is 1.24 bits per heavy atom. The molecule has 1 N–H and O–H groups in total. The van der Waals surface area contributed by atoms with Crippen molar-refractivity contribution in [3.8, 4) is 5.69 Å².